The average Bonchev–Trinajstić information content (AvgIpc) is 2.97. The molecule has 0 unspecified atom stereocenters. The highest BCUT2D eigenvalue weighted by atomic mass is 33.5. The van der Waals surface area contributed by atoms with E-state index in [0.29, 0.717) is 45.1 Å². The van der Waals surface area contributed by atoms with Crippen LogP contribution in [-0.2, 0) is 26.6 Å². The predicted molar refractivity (Wildman–Crippen MR) is 200 cm³/mol. The molecule has 0 aromatic carbocycles. The highest BCUT2D eigenvalue weighted by molar-refractivity contribution is 9.09. The van der Waals surface area contributed by atoms with Crippen LogP contribution in [0.5, 0.6) is 0 Å². The van der Waals surface area contributed by atoms with Gasteiger partial charge in [0.15, 0.2) is 0 Å². The quantitative estimate of drug-likeness (QED) is 0.0400. The molecule has 0 spiro atoms. The highest BCUT2D eigenvalue weighted by Gasteiger charge is 2.40. The van der Waals surface area contributed by atoms with Crippen molar-refractivity contribution < 1.29 is 26.6 Å². The minimum Gasteiger partial charge on any atom is -0.374 e. The maximum absolute atomic E-state index is 5.99. The summed E-state index contributed by atoms with van der Waals surface area (Å²) in [6.07, 6.45) is 12.0. The number of hydrogen-bond donors (Lipinski definition) is 0. The molecule has 1 aliphatic rings. The Morgan fingerprint density at radius 3 is 1.14 bits per heavy atom. The second-order valence-corrected chi connectivity index (χ2v) is 24.6. The van der Waals surface area contributed by atoms with Gasteiger partial charge in [0, 0.05) is 74.7 Å². The Bertz CT molecular complexity index is 547. The lowest BCUT2D eigenvalue weighted by Crippen LogP contribution is -2.46. The van der Waals surface area contributed by atoms with E-state index < -0.39 is 17.6 Å². The first kappa shape index (κ1) is 42.3. The van der Waals surface area contributed by atoms with Crippen LogP contribution in [0.1, 0.15) is 99.3 Å². The third kappa shape index (κ3) is 18.6. The van der Waals surface area contributed by atoms with E-state index in [0.717, 1.165) is 36.4 Å². The van der Waals surface area contributed by atoms with Gasteiger partial charge in [-0.2, -0.15) is 0 Å². The molecule has 0 aliphatic heterocycles. The fourth-order valence-corrected chi connectivity index (χ4v) is 19.2. The summed E-state index contributed by atoms with van der Waals surface area (Å²) >= 11 is 0. The Hall–Kier alpha value is 2.29. The van der Waals surface area contributed by atoms with Crippen LogP contribution in [0.3, 0.4) is 0 Å². The summed E-state index contributed by atoms with van der Waals surface area (Å²) < 4.78 is 35.9. The van der Waals surface area contributed by atoms with Crippen LogP contribution in [0, 0.1) is 5.41 Å². The maximum atomic E-state index is 5.99. The largest absolute Gasteiger partial charge is 0.500 e. The minimum absolute atomic E-state index is 0.560. The smallest absolute Gasteiger partial charge is 0.374 e. The van der Waals surface area contributed by atoms with Crippen LogP contribution >= 0.6 is 62.8 Å². The Morgan fingerprint density at radius 2 is 0.810 bits per heavy atom. The van der Waals surface area contributed by atoms with Gasteiger partial charge >= 0.3 is 17.6 Å². The van der Waals surface area contributed by atoms with E-state index in [-0.39, 0.29) is 0 Å². The summed E-state index contributed by atoms with van der Waals surface area (Å²) in [5.41, 5.74) is 0.560. The Labute approximate surface area is 284 Å². The van der Waals surface area contributed by atoms with Gasteiger partial charge in [-0.05, 0) is 105 Å². The topological polar surface area (TPSA) is 55.4 Å². The number of rotatable bonds is 30. The lowest BCUT2D eigenvalue weighted by molar-refractivity contribution is 0.0704. The van der Waals surface area contributed by atoms with E-state index in [2.05, 4.69) is 21.6 Å². The molecule has 1 saturated carbocycles. The van der Waals surface area contributed by atoms with Gasteiger partial charge < -0.3 is 26.6 Å². The molecule has 252 valence electrons. The van der Waals surface area contributed by atoms with Crippen LogP contribution in [0.15, 0.2) is 0 Å². The van der Waals surface area contributed by atoms with Crippen molar-refractivity contribution in [1.82, 2.24) is 0 Å². The van der Waals surface area contributed by atoms with Gasteiger partial charge in [-0.25, -0.2) is 0 Å². The van der Waals surface area contributed by atoms with Crippen molar-refractivity contribution in [2.24, 2.45) is 5.41 Å². The van der Waals surface area contributed by atoms with Gasteiger partial charge in [-0.15, -0.1) is 0 Å². The molecule has 0 aromatic heterocycles. The zero-order valence-corrected chi connectivity index (χ0v) is 34.1. The summed E-state index contributed by atoms with van der Waals surface area (Å²) in [5.74, 6) is 4.74. The fourth-order valence-electron chi connectivity index (χ4n) is 5.34. The van der Waals surface area contributed by atoms with Gasteiger partial charge in [0.1, 0.15) is 0 Å². The Balaban J connectivity index is 2.26. The van der Waals surface area contributed by atoms with E-state index in [1.54, 1.807) is 0 Å². The number of hydrogen-bond acceptors (Lipinski definition) is 12. The second kappa shape index (κ2) is 27.3. The molecular formula is C28H60O6S6Si2. The SMILES string of the molecule is CCO[Si](CCCSSSCCC1(CCSSSCCC[Si](OCC)(OCC)OCC)CCCCC1)(OCC)OCC. The van der Waals surface area contributed by atoms with E-state index in [4.69, 9.17) is 26.6 Å². The van der Waals surface area contributed by atoms with Crippen LogP contribution in [-0.4, -0.2) is 80.3 Å². The molecule has 1 rings (SSSR count). The standard InChI is InChI=1S/C28H60O6S6Si2/c1-7-29-41(30-8-2,31-9-3)26-16-22-35-39-37-24-20-28(18-14-13-15-19-28)21-25-38-40-36-23-17-27-42(32-10-4,33-11-5)34-12-6/h7-27H2,1-6H3. The molecule has 0 heterocycles. The first-order chi connectivity index (χ1) is 20.5. The van der Waals surface area contributed by atoms with Gasteiger partial charge in [0.05, 0.1) is 0 Å². The summed E-state index contributed by atoms with van der Waals surface area (Å²) in [5, 5.41) is 0. The van der Waals surface area contributed by atoms with Gasteiger partial charge in [-0.3, -0.25) is 0 Å². The van der Waals surface area contributed by atoms with E-state index in [1.807, 2.05) is 82.8 Å². The minimum atomic E-state index is -2.49. The third-order valence-corrected chi connectivity index (χ3v) is 22.1. The summed E-state index contributed by atoms with van der Waals surface area (Å²) in [6.45, 7) is 16.1. The van der Waals surface area contributed by atoms with Gasteiger partial charge in [-0.1, -0.05) is 62.4 Å². The van der Waals surface area contributed by atoms with E-state index in [9.17, 15) is 0 Å². The van der Waals surface area contributed by atoms with Crippen molar-refractivity contribution in [2.75, 3.05) is 62.7 Å². The van der Waals surface area contributed by atoms with Crippen molar-refractivity contribution in [3.8, 4) is 0 Å². The Morgan fingerprint density at radius 1 is 0.476 bits per heavy atom. The lowest BCUT2D eigenvalue weighted by atomic mass is 9.70. The van der Waals surface area contributed by atoms with Crippen LogP contribution in [0.25, 0.3) is 0 Å². The van der Waals surface area contributed by atoms with Crippen LogP contribution < -0.4 is 0 Å². The van der Waals surface area contributed by atoms with Crippen molar-refractivity contribution in [2.45, 2.75) is 111 Å². The molecule has 0 aromatic rings. The van der Waals surface area contributed by atoms with Gasteiger partial charge in [0.2, 0.25) is 0 Å². The fraction of sp³-hybridized carbons (Fsp3) is 1.00. The second-order valence-electron chi connectivity index (χ2n) is 10.2. The normalized spacial score (nSPS) is 15.9. The highest BCUT2D eigenvalue weighted by Crippen LogP contribution is 2.47. The van der Waals surface area contributed by atoms with Gasteiger partial charge in [0.25, 0.3) is 0 Å². The molecule has 0 atom stereocenters. The van der Waals surface area contributed by atoms with E-state index >= 15 is 0 Å². The molecule has 0 radical (unpaired) electrons. The summed E-state index contributed by atoms with van der Waals surface area (Å²) in [4.78, 5) is 0. The molecule has 42 heavy (non-hydrogen) atoms. The molecule has 0 bridgehead atoms. The van der Waals surface area contributed by atoms with Crippen LogP contribution in [0.2, 0.25) is 12.1 Å². The Kier molecular flexibility index (Phi) is 27.5. The molecule has 6 nitrogen and oxygen atoms in total. The van der Waals surface area contributed by atoms with Crippen molar-refractivity contribution in [1.29, 1.82) is 0 Å². The molecule has 0 saturated heterocycles. The molecule has 1 fully saturated rings. The zero-order valence-electron chi connectivity index (χ0n) is 27.2. The van der Waals surface area contributed by atoms with Crippen molar-refractivity contribution >= 4 is 80.4 Å². The van der Waals surface area contributed by atoms with Crippen molar-refractivity contribution in [3.63, 3.8) is 0 Å². The maximum Gasteiger partial charge on any atom is 0.500 e. The third-order valence-electron chi connectivity index (χ3n) is 7.14. The summed E-state index contributed by atoms with van der Waals surface area (Å²) in [6, 6.07) is 1.82. The molecule has 1 aliphatic carbocycles. The monoisotopic (exact) mass is 740 g/mol. The zero-order chi connectivity index (χ0) is 30.8. The molecular weight excluding hydrogens is 681 g/mol. The molecule has 0 N–H and O–H groups in total. The van der Waals surface area contributed by atoms with E-state index in [1.165, 1.54) is 56.5 Å². The lowest BCUT2D eigenvalue weighted by Gasteiger charge is -2.37. The predicted octanol–water partition coefficient (Wildman–Crippen LogP) is 10.7. The van der Waals surface area contributed by atoms with Crippen LogP contribution in [0.4, 0.5) is 0 Å². The van der Waals surface area contributed by atoms with Crippen molar-refractivity contribution in [3.05, 3.63) is 0 Å². The molecule has 0 amide bonds. The first-order valence-corrected chi connectivity index (χ1v) is 27.6. The first-order valence-electron chi connectivity index (χ1n) is 16.1. The average molecular weight is 741 g/mol. The molecule has 14 heteroatoms. The summed E-state index contributed by atoms with van der Waals surface area (Å²) in [7, 11) is 7.01.